The van der Waals surface area contributed by atoms with Crippen molar-refractivity contribution in [2.75, 3.05) is 0 Å². The molecule has 27 heavy (non-hydrogen) atoms. The zero-order chi connectivity index (χ0) is 19.3. The Labute approximate surface area is 165 Å². The molecule has 0 spiro atoms. The maximum absolute atomic E-state index is 10.0. The van der Waals surface area contributed by atoms with Crippen LogP contribution in [0.1, 0.15) is 96.0 Å². The SMILES string of the molecule is CCCCCCCCCCCCCCCc1cccc2c(O)cc(O)cc12. The van der Waals surface area contributed by atoms with Crippen LogP contribution in [-0.4, -0.2) is 10.2 Å². The van der Waals surface area contributed by atoms with E-state index in [0.717, 1.165) is 17.2 Å². The van der Waals surface area contributed by atoms with Gasteiger partial charge in [-0.05, 0) is 29.9 Å². The van der Waals surface area contributed by atoms with Crippen molar-refractivity contribution < 1.29 is 10.2 Å². The van der Waals surface area contributed by atoms with Crippen molar-refractivity contribution in [2.45, 2.75) is 96.8 Å². The summed E-state index contributed by atoms with van der Waals surface area (Å²) in [5, 5.41) is 21.6. The molecule has 0 aliphatic heterocycles. The van der Waals surface area contributed by atoms with Crippen LogP contribution in [0.3, 0.4) is 0 Å². The molecule has 0 amide bonds. The van der Waals surface area contributed by atoms with E-state index in [2.05, 4.69) is 13.0 Å². The molecular formula is C25H38O2. The fraction of sp³-hybridized carbons (Fsp3) is 0.600. The number of aromatic hydroxyl groups is 2. The molecular weight excluding hydrogens is 332 g/mol. The Morgan fingerprint density at radius 1 is 0.630 bits per heavy atom. The van der Waals surface area contributed by atoms with Crippen LogP contribution < -0.4 is 0 Å². The number of hydrogen-bond acceptors (Lipinski definition) is 2. The third-order valence-electron chi connectivity index (χ3n) is 5.60. The smallest absolute Gasteiger partial charge is 0.127 e. The summed E-state index contributed by atoms with van der Waals surface area (Å²) in [6.07, 6.45) is 18.8. The van der Waals surface area contributed by atoms with Gasteiger partial charge < -0.3 is 10.2 Å². The number of fused-ring (bicyclic) bond motifs is 1. The molecule has 2 nitrogen and oxygen atoms in total. The summed E-state index contributed by atoms with van der Waals surface area (Å²) in [5.41, 5.74) is 1.22. The molecule has 0 unspecified atom stereocenters. The van der Waals surface area contributed by atoms with Crippen molar-refractivity contribution in [3.05, 3.63) is 35.9 Å². The monoisotopic (exact) mass is 370 g/mol. The van der Waals surface area contributed by atoms with Crippen LogP contribution in [-0.2, 0) is 6.42 Å². The lowest BCUT2D eigenvalue weighted by molar-refractivity contribution is 0.455. The molecule has 2 heteroatoms. The van der Waals surface area contributed by atoms with Gasteiger partial charge in [-0.2, -0.15) is 0 Å². The van der Waals surface area contributed by atoms with E-state index in [1.165, 1.54) is 95.1 Å². The third kappa shape index (κ3) is 7.82. The van der Waals surface area contributed by atoms with Gasteiger partial charge in [-0.15, -0.1) is 0 Å². The van der Waals surface area contributed by atoms with E-state index in [9.17, 15) is 10.2 Å². The van der Waals surface area contributed by atoms with Gasteiger partial charge in [0, 0.05) is 11.5 Å². The Morgan fingerprint density at radius 3 is 1.78 bits per heavy atom. The van der Waals surface area contributed by atoms with E-state index in [4.69, 9.17) is 0 Å². The van der Waals surface area contributed by atoms with Crippen molar-refractivity contribution in [3.63, 3.8) is 0 Å². The van der Waals surface area contributed by atoms with Crippen LogP contribution >= 0.6 is 0 Å². The fourth-order valence-corrected chi connectivity index (χ4v) is 3.97. The first-order valence-corrected chi connectivity index (χ1v) is 11.2. The zero-order valence-electron chi connectivity index (χ0n) is 17.2. The van der Waals surface area contributed by atoms with E-state index in [1.807, 2.05) is 12.1 Å². The van der Waals surface area contributed by atoms with Gasteiger partial charge in [0.15, 0.2) is 0 Å². The van der Waals surface area contributed by atoms with Crippen molar-refractivity contribution in [3.8, 4) is 11.5 Å². The van der Waals surface area contributed by atoms with Crippen molar-refractivity contribution in [1.29, 1.82) is 0 Å². The number of unbranched alkanes of at least 4 members (excludes halogenated alkanes) is 12. The molecule has 2 aromatic carbocycles. The topological polar surface area (TPSA) is 40.5 Å². The van der Waals surface area contributed by atoms with E-state index < -0.39 is 0 Å². The van der Waals surface area contributed by atoms with Gasteiger partial charge in [0.25, 0.3) is 0 Å². The molecule has 2 aromatic rings. The highest BCUT2D eigenvalue weighted by molar-refractivity contribution is 5.92. The summed E-state index contributed by atoms with van der Waals surface area (Å²) >= 11 is 0. The van der Waals surface area contributed by atoms with Gasteiger partial charge >= 0.3 is 0 Å². The minimum absolute atomic E-state index is 0.137. The lowest BCUT2D eigenvalue weighted by atomic mass is 9.98. The summed E-state index contributed by atoms with van der Waals surface area (Å²) in [4.78, 5) is 0. The van der Waals surface area contributed by atoms with Gasteiger partial charge in [-0.3, -0.25) is 0 Å². The Bertz CT molecular complexity index is 663. The van der Waals surface area contributed by atoms with Gasteiger partial charge in [0.1, 0.15) is 11.5 Å². The molecule has 2 rings (SSSR count). The third-order valence-corrected chi connectivity index (χ3v) is 5.60. The fourth-order valence-electron chi connectivity index (χ4n) is 3.97. The van der Waals surface area contributed by atoms with Gasteiger partial charge in [0.05, 0.1) is 0 Å². The first-order chi connectivity index (χ1) is 13.2. The first-order valence-electron chi connectivity index (χ1n) is 11.2. The molecule has 0 aromatic heterocycles. The van der Waals surface area contributed by atoms with Crippen LogP contribution in [0, 0.1) is 0 Å². The highest BCUT2D eigenvalue weighted by atomic mass is 16.3. The Balaban J connectivity index is 1.56. The maximum atomic E-state index is 10.0. The van der Waals surface area contributed by atoms with Crippen LogP contribution in [0.5, 0.6) is 11.5 Å². The quantitative estimate of drug-likeness (QED) is 0.332. The standard InChI is InChI=1S/C25H38O2/c1-2-3-4-5-6-7-8-9-10-11-12-13-14-16-21-17-15-18-23-24(21)19-22(26)20-25(23)27/h15,17-20,26-27H,2-14,16H2,1H3. The molecule has 0 fully saturated rings. The van der Waals surface area contributed by atoms with E-state index in [0.29, 0.717) is 0 Å². The molecule has 0 bridgehead atoms. The molecule has 0 radical (unpaired) electrons. The molecule has 0 aliphatic rings. The highest BCUT2D eigenvalue weighted by Gasteiger charge is 2.06. The molecule has 0 atom stereocenters. The normalized spacial score (nSPS) is 11.3. The average molecular weight is 371 g/mol. The second-order valence-electron chi connectivity index (χ2n) is 7.97. The number of rotatable bonds is 14. The predicted octanol–water partition coefficient (Wildman–Crippen LogP) is 7.88. The van der Waals surface area contributed by atoms with Crippen LogP contribution in [0.15, 0.2) is 30.3 Å². The molecule has 0 heterocycles. The lowest BCUT2D eigenvalue weighted by Gasteiger charge is -2.09. The minimum Gasteiger partial charge on any atom is -0.508 e. The van der Waals surface area contributed by atoms with E-state index in [1.54, 1.807) is 6.07 Å². The summed E-state index contributed by atoms with van der Waals surface area (Å²) in [7, 11) is 0. The van der Waals surface area contributed by atoms with Crippen LogP contribution in [0.4, 0.5) is 0 Å². The number of hydrogen-bond donors (Lipinski definition) is 2. The Morgan fingerprint density at radius 2 is 1.19 bits per heavy atom. The van der Waals surface area contributed by atoms with Crippen molar-refractivity contribution in [2.24, 2.45) is 0 Å². The minimum atomic E-state index is 0.137. The second kappa shape index (κ2) is 12.6. The van der Waals surface area contributed by atoms with Crippen molar-refractivity contribution >= 4 is 10.8 Å². The van der Waals surface area contributed by atoms with E-state index >= 15 is 0 Å². The predicted molar refractivity (Wildman–Crippen MR) is 117 cm³/mol. The van der Waals surface area contributed by atoms with Gasteiger partial charge in [0.2, 0.25) is 0 Å². The largest absolute Gasteiger partial charge is 0.508 e. The molecule has 0 aliphatic carbocycles. The number of phenolic OH excluding ortho intramolecular Hbond substituents is 2. The molecule has 0 saturated heterocycles. The zero-order valence-corrected chi connectivity index (χ0v) is 17.2. The summed E-state index contributed by atoms with van der Waals surface area (Å²) in [6.45, 7) is 2.28. The summed E-state index contributed by atoms with van der Waals surface area (Å²) < 4.78 is 0. The highest BCUT2D eigenvalue weighted by Crippen LogP contribution is 2.32. The molecule has 150 valence electrons. The lowest BCUT2D eigenvalue weighted by Crippen LogP contribution is -1.89. The maximum Gasteiger partial charge on any atom is 0.127 e. The van der Waals surface area contributed by atoms with Crippen LogP contribution in [0.2, 0.25) is 0 Å². The number of phenols is 2. The number of benzene rings is 2. The summed E-state index contributed by atoms with van der Waals surface area (Å²) in [5.74, 6) is 0.301. The summed E-state index contributed by atoms with van der Waals surface area (Å²) in [6, 6.07) is 9.21. The number of aryl methyl sites for hydroxylation is 1. The van der Waals surface area contributed by atoms with Crippen molar-refractivity contribution in [1.82, 2.24) is 0 Å². The average Bonchev–Trinajstić information content (AvgIpc) is 2.66. The van der Waals surface area contributed by atoms with E-state index in [-0.39, 0.29) is 11.5 Å². The Hall–Kier alpha value is -1.70. The first kappa shape index (κ1) is 21.6. The van der Waals surface area contributed by atoms with Crippen LogP contribution in [0.25, 0.3) is 10.8 Å². The Kier molecular flexibility index (Phi) is 10.1. The van der Waals surface area contributed by atoms with Gasteiger partial charge in [-0.1, -0.05) is 102 Å². The molecule has 2 N–H and O–H groups in total. The second-order valence-corrected chi connectivity index (χ2v) is 7.97. The molecule has 0 saturated carbocycles. The van der Waals surface area contributed by atoms with Gasteiger partial charge in [-0.25, -0.2) is 0 Å².